The number of nitrogen functional groups attached to an aromatic ring is 1. The summed E-state index contributed by atoms with van der Waals surface area (Å²) < 4.78 is 2.07. The van der Waals surface area contributed by atoms with Crippen LogP contribution in [-0.4, -0.2) is 14.5 Å². The maximum Gasteiger partial charge on any atom is 0.201 e. The third kappa shape index (κ3) is 1.45. The number of nitrogens with zero attached hydrogens (tertiary/aromatic N) is 3. The first-order valence-electron chi connectivity index (χ1n) is 5.80. The minimum absolute atomic E-state index is 0.569. The first-order chi connectivity index (χ1) is 8.31. The topological polar surface area (TPSA) is 56.7 Å². The molecule has 0 spiro atoms. The van der Waals surface area contributed by atoms with Gasteiger partial charge in [-0.3, -0.25) is 4.98 Å². The van der Waals surface area contributed by atoms with Crippen LogP contribution >= 0.6 is 0 Å². The Morgan fingerprint density at radius 2 is 2.06 bits per heavy atom. The molecule has 0 saturated heterocycles. The van der Waals surface area contributed by atoms with E-state index < -0.39 is 0 Å². The van der Waals surface area contributed by atoms with Crippen LogP contribution in [0, 0.1) is 0 Å². The van der Waals surface area contributed by atoms with E-state index >= 15 is 0 Å². The number of rotatable bonds is 2. The summed E-state index contributed by atoms with van der Waals surface area (Å²) in [6, 6.07) is 8.08. The van der Waals surface area contributed by atoms with Crippen molar-refractivity contribution in [1.29, 1.82) is 0 Å². The van der Waals surface area contributed by atoms with Crippen LogP contribution in [0.3, 0.4) is 0 Å². The van der Waals surface area contributed by atoms with Gasteiger partial charge in [0.2, 0.25) is 5.95 Å². The number of imidazole rings is 1. The summed E-state index contributed by atoms with van der Waals surface area (Å²) in [6.07, 6.45) is 2.83. The third-order valence-electron chi connectivity index (χ3n) is 2.96. The smallest absolute Gasteiger partial charge is 0.201 e. The number of anilines is 1. The van der Waals surface area contributed by atoms with Gasteiger partial charge >= 0.3 is 0 Å². The zero-order valence-electron chi connectivity index (χ0n) is 9.72. The second kappa shape index (κ2) is 3.73. The van der Waals surface area contributed by atoms with Crippen molar-refractivity contribution in [3.05, 3.63) is 30.5 Å². The molecule has 1 aromatic carbocycles. The van der Waals surface area contributed by atoms with Gasteiger partial charge in [-0.05, 0) is 12.5 Å². The lowest BCUT2D eigenvalue weighted by atomic mass is 10.2. The molecule has 17 heavy (non-hydrogen) atoms. The van der Waals surface area contributed by atoms with Crippen LogP contribution in [0.15, 0.2) is 30.5 Å². The molecule has 0 atom stereocenters. The molecule has 0 aliphatic heterocycles. The first kappa shape index (κ1) is 10.1. The van der Waals surface area contributed by atoms with E-state index in [0.717, 1.165) is 34.9 Å². The van der Waals surface area contributed by atoms with Gasteiger partial charge in [0.05, 0.1) is 17.2 Å². The average Bonchev–Trinajstić information content (AvgIpc) is 2.67. The van der Waals surface area contributed by atoms with Crippen molar-refractivity contribution in [3.8, 4) is 0 Å². The standard InChI is InChI=1S/C13H14N4/c1-2-7-17-12-9-5-3-4-6-10(9)15-8-11(12)16-13(17)14/h3-6,8H,2,7H2,1H3,(H2,14,16). The summed E-state index contributed by atoms with van der Waals surface area (Å²) in [5.74, 6) is 0.569. The molecule has 4 heteroatoms. The molecule has 0 radical (unpaired) electrons. The maximum atomic E-state index is 5.95. The third-order valence-corrected chi connectivity index (χ3v) is 2.96. The van der Waals surface area contributed by atoms with E-state index in [0.29, 0.717) is 5.95 Å². The molecular weight excluding hydrogens is 212 g/mol. The summed E-state index contributed by atoms with van der Waals surface area (Å²) in [5, 5.41) is 1.11. The van der Waals surface area contributed by atoms with Crippen LogP contribution in [0.25, 0.3) is 21.9 Å². The number of hydrogen-bond donors (Lipinski definition) is 1. The Morgan fingerprint density at radius 1 is 1.24 bits per heavy atom. The minimum Gasteiger partial charge on any atom is -0.369 e. The summed E-state index contributed by atoms with van der Waals surface area (Å²) in [4.78, 5) is 8.75. The Morgan fingerprint density at radius 3 is 2.88 bits per heavy atom. The second-order valence-corrected chi connectivity index (χ2v) is 4.13. The van der Waals surface area contributed by atoms with Gasteiger partial charge in [0.15, 0.2) is 0 Å². The molecule has 0 fully saturated rings. The van der Waals surface area contributed by atoms with Gasteiger partial charge in [0.25, 0.3) is 0 Å². The van der Waals surface area contributed by atoms with Gasteiger partial charge in [0, 0.05) is 11.9 Å². The van der Waals surface area contributed by atoms with Crippen molar-refractivity contribution in [1.82, 2.24) is 14.5 Å². The number of nitrogens with two attached hydrogens (primary N) is 1. The molecule has 0 bridgehead atoms. The maximum absolute atomic E-state index is 5.95. The fourth-order valence-corrected chi connectivity index (χ4v) is 2.23. The zero-order valence-corrected chi connectivity index (χ0v) is 9.72. The van der Waals surface area contributed by atoms with Crippen molar-refractivity contribution >= 4 is 27.9 Å². The van der Waals surface area contributed by atoms with E-state index in [4.69, 9.17) is 5.73 Å². The molecule has 3 rings (SSSR count). The molecule has 0 saturated carbocycles. The largest absolute Gasteiger partial charge is 0.369 e. The number of aryl methyl sites for hydroxylation is 1. The highest BCUT2D eigenvalue weighted by atomic mass is 15.2. The molecular formula is C13H14N4. The Kier molecular flexibility index (Phi) is 2.21. The fourth-order valence-electron chi connectivity index (χ4n) is 2.23. The quantitative estimate of drug-likeness (QED) is 0.730. The van der Waals surface area contributed by atoms with E-state index in [1.54, 1.807) is 6.20 Å². The number of hydrogen-bond acceptors (Lipinski definition) is 3. The Bertz CT molecular complexity index is 684. The van der Waals surface area contributed by atoms with E-state index in [2.05, 4.69) is 27.5 Å². The van der Waals surface area contributed by atoms with Crippen molar-refractivity contribution in [2.24, 2.45) is 0 Å². The Hall–Kier alpha value is -2.10. The van der Waals surface area contributed by atoms with E-state index in [9.17, 15) is 0 Å². The Balaban J connectivity index is 2.46. The van der Waals surface area contributed by atoms with Crippen molar-refractivity contribution < 1.29 is 0 Å². The number of fused-ring (bicyclic) bond motifs is 3. The molecule has 4 nitrogen and oxygen atoms in total. The van der Waals surface area contributed by atoms with Crippen molar-refractivity contribution in [2.45, 2.75) is 19.9 Å². The molecule has 2 heterocycles. The Labute approximate surface area is 99.1 Å². The summed E-state index contributed by atoms with van der Waals surface area (Å²) >= 11 is 0. The van der Waals surface area contributed by atoms with Gasteiger partial charge in [0.1, 0.15) is 5.52 Å². The van der Waals surface area contributed by atoms with Gasteiger partial charge in [-0.2, -0.15) is 0 Å². The predicted octanol–water partition coefficient (Wildman–Crippen LogP) is 2.58. The number of benzene rings is 1. The van der Waals surface area contributed by atoms with Gasteiger partial charge in [-0.15, -0.1) is 0 Å². The van der Waals surface area contributed by atoms with Crippen LogP contribution in [0.5, 0.6) is 0 Å². The van der Waals surface area contributed by atoms with Crippen LogP contribution in [0.2, 0.25) is 0 Å². The number of pyridine rings is 1. The molecule has 2 N–H and O–H groups in total. The van der Waals surface area contributed by atoms with Crippen LogP contribution in [0.1, 0.15) is 13.3 Å². The fraction of sp³-hybridized carbons (Fsp3) is 0.231. The van der Waals surface area contributed by atoms with Crippen molar-refractivity contribution in [3.63, 3.8) is 0 Å². The molecule has 0 aliphatic rings. The molecule has 0 unspecified atom stereocenters. The van der Waals surface area contributed by atoms with E-state index in [-0.39, 0.29) is 0 Å². The summed E-state index contributed by atoms with van der Waals surface area (Å²) in [5.41, 5.74) is 8.90. The van der Waals surface area contributed by atoms with Crippen molar-refractivity contribution in [2.75, 3.05) is 5.73 Å². The average molecular weight is 226 g/mol. The molecule has 2 aromatic heterocycles. The lowest BCUT2D eigenvalue weighted by molar-refractivity contribution is 0.708. The predicted molar refractivity (Wildman–Crippen MR) is 69.7 cm³/mol. The summed E-state index contributed by atoms with van der Waals surface area (Å²) in [7, 11) is 0. The monoisotopic (exact) mass is 226 g/mol. The summed E-state index contributed by atoms with van der Waals surface area (Å²) in [6.45, 7) is 3.02. The lowest BCUT2D eigenvalue weighted by Gasteiger charge is -2.05. The van der Waals surface area contributed by atoms with E-state index in [1.165, 1.54) is 0 Å². The van der Waals surface area contributed by atoms with Crippen LogP contribution in [-0.2, 0) is 6.54 Å². The van der Waals surface area contributed by atoms with Gasteiger partial charge in [-0.25, -0.2) is 4.98 Å². The number of para-hydroxylation sites is 1. The lowest BCUT2D eigenvalue weighted by Crippen LogP contribution is -2.02. The molecule has 86 valence electrons. The highest BCUT2D eigenvalue weighted by molar-refractivity contribution is 6.02. The van der Waals surface area contributed by atoms with Gasteiger partial charge in [-0.1, -0.05) is 25.1 Å². The highest BCUT2D eigenvalue weighted by Gasteiger charge is 2.10. The second-order valence-electron chi connectivity index (χ2n) is 4.13. The number of aromatic nitrogens is 3. The normalized spacial score (nSPS) is 11.4. The molecule has 0 aliphatic carbocycles. The highest BCUT2D eigenvalue weighted by Crippen LogP contribution is 2.25. The minimum atomic E-state index is 0.569. The first-order valence-corrected chi connectivity index (χ1v) is 5.80. The van der Waals surface area contributed by atoms with Gasteiger partial charge < -0.3 is 10.3 Å². The zero-order chi connectivity index (χ0) is 11.8. The van der Waals surface area contributed by atoms with E-state index in [1.807, 2.05) is 18.2 Å². The van der Waals surface area contributed by atoms with Crippen LogP contribution in [0.4, 0.5) is 5.95 Å². The SMILES string of the molecule is CCCn1c(N)nc2cnc3ccccc3c21. The van der Waals surface area contributed by atoms with Crippen LogP contribution < -0.4 is 5.73 Å². The molecule has 0 amide bonds. The molecule has 3 aromatic rings.